The second-order valence-corrected chi connectivity index (χ2v) is 5.12. The van der Waals surface area contributed by atoms with Crippen LogP contribution < -0.4 is 11.3 Å². The topological polar surface area (TPSA) is 91.5 Å². The Morgan fingerprint density at radius 2 is 2.40 bits per heavy atom. The Morgan fingerprint density at radius 1 is 1.55 bits per heavy atom. The number of hydrogen-bond donors (Lipinski definition) is 3. The lowest BCUT2D eigenvalue weighted by molar-refractivity contribution is 0.0948. The molecule has 110 valence electrons. The molecule has 1 aliphatic rings. The Bertz CT molecular complexity index is 453. The minimum absolute atomic E-state index is 0.245. The summed E-state index contributed by atoms with van der Waals surface area (Å²) in [6.07, 6.45) is 4.20. The van der Waals surface area contributed by atoms with Crippen molar-refractivity contribution in [2.75, 3.05) is 13.2 Å². The van der Waals surface area contributed by atoms with E-state index in [1.165, 1.54) is 12.8 Å². The van der Waals surface area contributed by atoms with Gasteiger partial charge in [0.2, 0.25) is 0 Å². The van der Waals surface area contributed by atoms with E-state index >= 15 is 0 Å². The second-order valence-electron chi connectivity index (χ2n) is 5.12. The highest BCUT2D eigenvalue weighted by molar-refractivity contribution is 5.91. The first-order chi connectivity index (χ1) is 9.74. The molecule has 0 radical (unpaired) electrons. The van der Waals surface area contributed by atoms with Gasteiger partial charge in [-0.15, -0.1) is 0 Å². The molecule has 1 fully saturated rings. The summed E-state index contributed by atoms with van der Waals surface area (Å²) in [5.41, 5.74) is 3.32. The van der Waals surface area contributed by atoms with E-state index in [1.807, 2.05) is 12.1 Å². The molecule has 1 unspecified atom stereocenters. The number of hydrazine groups is 1. The number of aromatic nitrogens is 1. The molecule has 1 atom stereocenters. The van der Waals surface area contributed by atoms with Gasteiger partial charge in [0.1, 0.15) is 5.69 Å². The molecule has 20 heavy (non-hydrogen) atoms. The van der Waals surface area contributed by atoms with Crippen molar-refractivity contribution in [3.63, 3.8) is 0 Å². The zero-order valence-corrected chi connectivity index (χ0v) is 11.6. The van der Waals surface area contributed by atoms with Crippen LogP contribution >= 0.6 is 0 Å². The summed E-state index contributed by atoms with van der Waals surface area (Å²) in [6.45, 7) is 2.03. The van der Waals surface area contributed by atoms with Crippen LogP contribution in [0, 0.1) is 0 Å². The third-order valence-corrected chi connectivity index (χ3v) is 3.73. The van der Waals surface area contributed by atoms with Gasteiger partial charge in [-0.25, -0.2) is 10.8 Å². The minimum atomic E-state index is -0.370. The maximum Gasteiger partial charge on any atom is 0.283 e. The van der Waals surface area contributed by atoms with E-state index in [1.54, 1.807) is 6.07 Å². The van der Waals surface area contributed by atoms with Crippen molar-refractivity contribution in [3.05, 3.63) is 29.6 Å². The first kappa shape index (κ1) is 14.9. The number of nitrogen functional groups attached to an aromatic ring is 1. The summed E-state index contributed by atoms with van der Waals surface area (Å²) in [5, 5.41) is 8.94. The van der Waals surface area contributed by atoms with Gasteiger partial charge in [-0.1, -0.05) is 6.07 Å². The quantitative estimate of drug-likeness (QED) is 0.398. The SMILES string of the molecule is NNC(=O)c1cccc(CN2CCCC2CCCO)n1. The smallest absolute Gasteiger partial charge is 0.283 e. The Morgan fingerprint density at radius 3 is 3.15 bits per heavy atom. The fourth-order valence-corrected chi connectivity index (χ4v) is 2.73. The van der Waals surface area contributed by atoms with Gasteiger partial charge in [0.25, 0.3) is 5.91 Å². The zero-order chi connectivity index (χ0) is 14.4. The van der Waals surface area contributed by atoms with Gasteiger partial charge in [-0.2, -0.15) is 0 Å². The molecule has 2 rings (SSSR count). The molecule has 2 heterocycles. The van der Waals surface area contributed by atoms with Crippen LogP contribution in [0.25, 0.3) is 0 Å². The molecule has 1 aromatic rings. The fourth-order valence-electron chi connectivity index (χ4n) is 2.73. The van der Waals surface area contributed by atoms with Crippen LogP contribution in [0.5, 0.6) is 0 Å². The summed E-state index contributed by atoms with van der Waals surface area (Å²) in [6, 6.07) is 5.91. The van der Waals surface area contributed by atoms with Gasteiger partial charge < -0.3 is 5.11 Å². The van der Waals surface area contributed by atoms with Crippen LogP contribution in [0.4, 0.5) is 0 Å². The van der Waals surface area contributed by atoms with Crippen LogP contribution in [0.3, 0.4) is 0 Å². The number of nitrogens with zero attached hydrogens (tertiary/aromatic N) is 2. The molecule has 0 saturated carbocycles. The lowest BCUT2D eigenvalue weighted by Gasteiger charge is -2.24. The summed E-state index contributed by atoms with van der Waals surface area (Å²) >= 11 is 0. The van der Waals surface area contributed by atoms with Crippen LogP contribution in [-0.4, -0.2) is 40.1 Å². The van der Waals surface area contributed by atoms with Gasteiger partial charge in [0.05, 0.1) is 5.69 Å². The fraction of sp³-hybridized carbons (Fsp3) is 0.571. The number of aliphatic hydroxyl groups is 1. The van der Waals surface area contributed by atoms with Gasteiger partial charge in [-0.05, 0) is 44.4 Å². The standard InChI is InChI=1S/C14H22N4O2/c15-17-14(20)13-7-1-4-11(16-13)10-18-8-2-5-12(18)6-3-9-19/h1,4,7,12,19H,2-3,5-6,8-10,15H2,(H,17,20). The summed E-state index contributed by atoms with van der Waals surface area (Å²) in [4.78, 5) is 18.2. The molecule has 4 N–H and O–H groups in total. The number of pyridine rings is 1. The van der Waals surface area contributed by atoms with Crippen molar-refractivity contribution >= 4 is 5.91 Å². The average Bonchev–Trinajstić information content (AvgIpc) is 2.91. The van der Waals surface area contributed by atoms with Gasteiger partial charge in [-0.3, -0.25) is 15.1 Å². The molecule has 1 aromatic heterocycles. The highest BCUT2D eigenvalue weighted by Gasteiger charge is 2.24. The molecule has 1 amide bonds. The van der Waals surface area contributed by atoms with E-state index in [0.717, 1.165) is 31.6 Å². The molecule has 0 aromatic carbocycles. The third-order valence-electron chi connectivity index (χ3n) is 3.73. The molecule has 1 saturated heterocycles. The molecular formula is C14H22N4O2. The van der Waals surface area contributed by atoms with Crippen molar-refractivity contribution in [3.8, 4) is 0 Å². The maximum absolute atomic E-state index is 11.5. The van der Waals surface area contributed by atoms with E-state index in [9.17, 15) is 4.79 Å². The monoisotopic (exact) mass is 278 g/mol. The number of carbonyl (C=O) groups is 1. The number of rotatable bonds is 6. The predicted molar refractivity (Wildman–Crippen MR) is 75.6 cm³/mol. The van der Waals surface area contributed by atoms with Crippen LogP contribution in [0.15, 0.2) is 18.2 Å². The number of nitrogens with two attached hydrogens (primary N) is 1. The number of aliphatic hydroxyl groups excluding tert-OH is 1. The van der Waals surface area contributed by atoms with Crippen molar-refractivity contribution in [1.82, 2.24) is 15.3 Å². The zero-order valence-electron chi connectivity index (χ0n) is 11.6. The molecule has 0 spiro atoms. The predicted octanol–water partition coefficient (Wildman–Crippen LogP) is 0.422. The summed E-state index contributed by atoms with van der Waals surface area (Å²) < 4.78 is 0. The van der Waals surface area contributed by atoms with E-state index in [2.05, 4.69) is 15.3 Å². The number of amides is 1. The number of carbonyl (C=O) groups excluding carboxylic acids is 1. The number of hydrogen-bond acceptors (Lipinski definition) is 5. The Labute approximate surface area is 119 Å². The molecule has 6 nitrogen and oxygen atoms in total. The van der Waals surface area contributed by atoms with Crippen molar-refractivity contribution < 1.29 is 9.90 Å². The Balaban J connectivity index is 2.00. The van der Waals surface area contributed by atoms with Gasteiger partial charge >= 0.3 is 0 Å². The van der Waals surface area contributed by atoms with Gasteiger partial charge in [0.15, 0.2) is 0 Å². The number of nitrogens with one attached hydrogen (secondary N) is 1. The lowest BCUT2D eigenvalue weighted by Crippen LogP contribution is -2.32. The van der Waals surface area contributed by atoms with Crippen molar-refractivity contribution in [2.45, 2.75) is 38.3 Å². The number of likely N-dealkylation sites (tertiary alicyclic amines) is 1. The van der Waals surface area contributed by atoms with Crippen LogP contribution in [-0.2, 0) is 6.54 Å². The first-order valence-electron chi connectivity index (χ1n) is 7.06. The highest BCUT2D eigenvalue weighted by Crippen LogP contribution is 2.23. The summed E-state index contributed by atoms with van der Waals surface area (Å²) in [7, 11) is 0. The lowest BCUT2D eigenvalue weighted by atomic mass is 10.1. The maximum atomic E-state index is 11.5. The Kier molecular flexibility index (Phi) is 5.46. The van der Waals surface area contributed by atoms with Crippen LogP contribution in [0.1, 0.15) is 41.9 Å². The largest absolute Gasteiger partial charge is 0.396 e. The van der Waals surface area contributed by atoms with E-state index in [4.69, 9.17) is 10.9 Å². The molecule has 0 bridgehead atoms. The van der Waals surface area contributed by atoms with Crippen molar-refractivity contribution in [1.29, 1.82) is 0 Å². The molecule has 1 aliphatic heterocycles. The Hall–Kier alpha value is -1.50. The van der Waals surface area contributed by atoms with Crippen molar-refractivity contribution in [2.24, 2.45) is 5.84 Å². The summed E-state index contributed by atoms with van der Waals surface area (Å²) in [5.74, 6) is 4.75. The first-order valence-corrected chi connectivity index (χ1v) is 7.06. The highest BCUT2D eigenvalue weighted by atomic mass is 16.3. The molecular weight excluding hydrogens is 256 g/mol. The minimum Gasteiger partial charge on any atom is -0.396 e. The van der Waals surface area contributed by atoms with Crippen LogP contribution in [0.2, 0.25) is 0 Å². The normalized spacial score (nSPS) is 19.2. The second kappa shape index (κ2) is 7.33. The molecule has 0 aliphatic carbocycles. The van der Waals surface area contributed by atoms with E-state index in [0.29, 0.717) is 11.7 Å². The van der Waals surface area contributed by atoms with Gasteiger partial charge in [0, 0.05) is 19.2 Å². The third kappa shape index (κ3) is 3.75. The van der Waals surface area contributed by atoms with E-state index in [-0.39, 0.29) is 12.5 Å². The molecule has 6 heteroatoms. The van der Waals surface area contributed by atoms with E-state index < -0.39 is 0 Å². The average molecular weight is 278 g/mol.